The smallest absolute Gasteiger partial charge is 0.387 e. The molecular weight excluding hydrogens is 361 g/mol. The van der Waals surface area contributed by atoms with Gasteiger partial charge in [0.15, 0.2) is 0 Å². The van der Waals surface area contributed by atoms with Crippen LogP contribution >= 0.6 is 0 Å². The van der Waals surface area contributed by atoms with Gasteiger partial charge in [-0.25, -0.2) is 4.39 Å². The van der Waals surface area contributed by atoms with Crippen molar-refractivity contribution in [3.8, 4) is 16.9 Å². The predicted octanol–water partition coefficient (Wildman–Crippen LogP) is 7.40. The van der Waals surface area contributed by atoms with Crippen molar-refractivity contribution in [2.75, 3.05) is 0 Å². The van der Waals surface area contributed by atoms with Crippen LogP contribution in [-0.4, -0.2) is 6.61 Å². The molecule has 3 aromatic carbocycles. The van der Waals surface area contributed by atoms with E-state index in [9.17, 15) is 8.78 Å². The first-order chi connectivity index (χ1) is 13.5. The van der Waals surface area contributed by atoms with E-state index in [-0.39, 0.29) is 11.3 Å². The molecule has 144 valence electrons. The van der Waals surface area contributed by atoms with Gasteiger partial charge in [0, 0.05) is 5.39 Å². The monoisotopic (exact) mass is 382 g/mol. The van der Waals surface area contributed by atoms with Gasteiger partial charge in [0.25, 0.3) is 0 Å². The number of rotatable bonds is 7. The molecule has 0 N–H and O–H groups in total. The van der Waals surface area contributed by atoms with Crippen LogP contribution in [0.5, 0.6) is 5.75 Å². The average molecular weight is 382 g/mol. The molecule has 1 nitrogen and oxygen atoms in total. The molecular formula is C24H21F3O. The van der Waals surface area contributed by atoms with Crippen molar-refractivity contribution in [3.63, 3.8) is 0 Å². The third-order valence-corrected chi connectivity index (χ3v) is 4.52. The molecule has 0 aliphatic rings. The molecule has 0 saturated heterocycles. The van der Waals surface area contributed by atoms with Crippen LogP contribution in [0, 0.1) is 5.82 Å². The molecule has 0 atom stereocenters. The first-order valence-electron chi connectivity index (χ1n) is 9.07. The highest BCUT2D eigenvalue weighted by Gasteiger charge is 2.19. The Bertz CT molecular complexity index is 1000. The minimum absolute atomic E-state index is 0.0434. The molecule has 0 aliphatic heterocycles. The third kappa shape index (κ3) is 4.28. The molecule has 0 aliphatic carbocycles. The number of ether oxygens (including phenoxy) is 1. The molecule has 0 spiro atoms. The first-order valence-corrected chi connectivity index (χ1v) is 9.07. The molecule has 0 aromatic heterocycles. The van der Waals surface area contributed by atoms with Crippen molar-refractivity contribution >= 4 is 16.8 Å². The van der Waals surface area contributed by atoms with Gasteiger partial charge >= 0.3 is 6.61 Å². The van der Waals surface area contributed by atoms with Crippen LogP contribution in [-0.2, 0) is 6.42 Å². The number of halogens is 3. The van der Waals surface area contributed by atoms with E-state index in [0.29, 0.717) is 16.3 Å². The highest BCUT2D eigenvalue weighted by molar-refractivity contribution is 5.93. The van der Waals surface area contributed by atoms with E-state index >= 15 is 4.39 Å². The maximum absolute atomic E-state index is 15.3. The predicted molar refractivity (Wildman–Crippen MR) is 109 cm³/mol. The minimum Gasteiger partial charge on any atom is -0.434 e. The van der Waals surface area contributed by atoms with Crippen molar-refractivity contribution in [3.05, 3.63) is 84.2 Å². The van der Waals surface area contributed by atoms with Crippen LogP contribution < -0.4 is 4.74 Å². The van der Waals surface area contributed by atoms with Gasteiger partial charge in [0.05, 0.1) is 5.56 Å². The molecule has 0 saturated carbocycles. The first kappa shape index (κ1) is 19.7. The van der Waals surface area contributed by atoms with Crippen molar-refractivity contribution in [1.29, 1.82) is 0 Å². The number of benzene rings is 3. The zero-order valence-corrected chi connectivity index (χ0v) is 15.6. The van der Waals surface area contributed by atoms with Crippen LogP contribution in [0.25, 0.3) is 28.0 Å². The third-order valence-electron chi connectivity index (χ3n) is 4.52. The maximum atomic E-state index is 15.3. The van der Waals surface area contributed by atoms with Crippen LogP contribution in [0.15, 0.2) is 67.3 Å². The molecule has 0 fully saturated rings. The van der Waals surface area contributed by atoms with E-state index in [0.717, 1.165) is 24.0 Å². The van der Waals surface area contributed by atoms with Crippen LogP contribution in [0.1, 0.15) is 24.5 Å². The topological polar surface area (TPSA) is 9.23 Å². The molecule has 0 unspecified atom stereocenters. The van der Waals surface area contributed by atoms with Gasteiger partial charge < -0.3 is 4.74 Å². The number of aryl methyl sites for hydroxylation is 1. The fourth-order valence-electron chi connectivity index (χ4n) is 3.22. The fraction of sp³-hybridized carbons (Fsp3) is 0.167. The van der Waals surface area contributed by atoms with E-state index in [1.165, 1.54) is 6.07 Å². The van der Waals surface area contributed by atoms with Crippen molar-refractivity contribution < 1.29 is 17.9 Å². The zero-order valence-electron chi connectivity index (χ0n) is 15.6. The van der Waals surface area contributed by atoms with E-state index in [1.54, 1.807) is 30.3 Å². The number of hydrogen-bond donors (Lipinski definition) is 0. The summed E-state index contributed by atoms with van der Waals surface area (Å²) in [5.41, 5.74) is 2.46. The summed E-state index contributed by atoms with van der Waals surface area (Å²) in [6.45, 7) is 2.53. The summed E-state index contributed by atoms with van der Waals surface area (Å²) in [4.78, 5) is 0. The lowest BCUT2D eigenvalue weighted by atomic mass is 9.96. The summed E-state index contributed by atoms with van der Waals surface area (Å²) in [7, 11) is 0. The van der Waals surface area contributed by atoms with Crippen LogP contribution in [0.2, 0.25) is 0 Å². The molecule has 0 amide bonds. The Labute approximate surface area is 162 Å². The lowest BCUT2D eigenvalue weighted by Crippen LogP contribution is -2.05. The van der Waals surface area contributed by atoms with Gasteiger partial charge in [0.1, 0.15) is 11.6 Å². The second-order valence-corrected chi connectivity index (χ2v) is 6.45. The minimum atomic E-state index is -3.04. The van der Waals surface area contributed by atoms with Gasteiger partial charge in [-0.3, -0.25) is 0 Å². The van der Waals surface area contributed by atoms with Gasteiger partial charge in [-0.05, 0) is 54.0 Å². The molecule has 0 heterocycles. The molecule has 4 heteroatoms. The SMILES string of the molecule is C=CCCc1ccc(-c2c(OC(F)F)cc3cc(/C=C/C)ccc3c2F)cc1. The standard InChI is InChI=1S/C24H21F3O/c1-3-5-7-16-8-11-18(12-9-16)22-21(28-24(26)27)15-19-14-17(6-4-2)10-13-20(19)23(22)25/h3-4,6,8-15,24H,1,5,7H2,2H3/b6-4+. The zero-order chi connectivity index (χ0) is 20.1. The van der Waals surface area contributed by atoms with E-state index in [4.69, 9.17) is 0 Å². The van der Waals surface area contributed by atoms with E-state index in [1.807, 2.05) is 37.3 Å². The summed E-state index contributed by atoms with van der Waals surface area (Å²) < 4.78 is 46.0. The molecule has 0 radical (unpaired) electrons. The molecule has 0 bridgehead atoms. The van der Waals surface area contributed by atoms with E-state index in [2.05, 4.69) is 11.3 Å². The molecule has 3 rings (SSSR count). The molecule has 3 aromatic rings. The van der Waals surface area contributed by atoms with Gasteiger partial charge in [0.2, 0.25) is 0 Å². The van der Waals surface area contributed by atoms with Gasteiger partial charge in [-0.1, -0.05) is 54.6 Å². The Morgan fingerprint density at radius 2 is 1.82 bits per heavy atom. The second kappa shape index (κ2) is 8.79. The quantitative estimate of drug-likeness (QED) is 0.387. The average Bonchev–Trinajstić information content (AvgIpc) is 2.67. The fourth-order valence-corrected chi connectivity index (χ4v) is 3.22. The highest BCUT2D eigenvalue weighted by atomic mass is 19.3. The molecule has 28 heavy (non-hydrogen) atoms. The Morgan fingerprint density at radius 3 is 2.46 bits per heavy atom. The Balaban J connectivity index is 2.14. The number of allylic oxidation sites excluding steroid dienone is 2. The largest absolute Gasteiger partial charge is 0.434 e. The van der Waals surface area contributed by atoms with E-state index < -0.39 is 12.4 Å². The Hall–Kier alpha value is -3.01. The van der Waals surface area contributed by atoms with Gasteiger partial charge in [-0.2, -0.15) is 8.78 Å². The second-order valence-electron chi connectivity index (χ2n) is 6.45. The lowest BCUT2D eigenvalue weighted by molar-refractivity contribution is -0.0494. The summed E-state index contributed by atoms with van der Waals surface area (Å²) in [5.74, 6) is -0.740. The summed E-state index contributed by atoms with van der Waals surface area (Å²) >= 11 is 0. The normalized spacial score (nSPS) is 11.5. The van der Waals surface area contributed by atoms with Crippen molar-refractivity contribution in [1.82, 2.24) is 0 Å². The summed E-state index contributed by atoms with van der Waals surface area (Å²) in [6, 6.07) is 13.9. The highest BCUT2D eigenvalue weighted by Crippen LogP contribution is 2.39. The number of fused-ring (bicyclic) bond motifs is 1. The van der Waals surface area contributed by atoms with Crippen molar-refractivity contribution in [2.45, 2.75) is 26.4 Å². The van der Waals surface area contributed by atoms with Crippen LogP contribution in [0.4, 0.5) is 13.2 Å². The number of alkyl halides is 2. The number of hydrogen-bond acceptors (Lipinski definition) is 1. The van der Waals surface area contributed by atoms with Crippen LogP contribution in [0.3, 0.4) is 0 Å². The van der Waals surface area contributed by atoms with Crippen molar-refractivity contribution in [2.24, 2.45) is 0 Å². The Kier molecular flexibility index (Phi) is 6.19. The summed E-state index contributed by atoms with van der Waals surface area (Å²) in [5, 5.41) is 0.871. The van der Waals surface area contributed by atoms with Gasteiger partial charge in [-0.15, -0.1) is 6.58 Å². The Morgan fingerprint density at radius 1 is 1.07 bits per heavy atom. The summed E-state index contributed by atoms with van der Waals surface area (Å²) in [6.07, 6.45) is 7.20. The maximum Gasteiger partial charge on any atom is 0.387 e. The lowest BCUT2D eigenvalue weighted by Gasteiger charge is -2.15.